The van der Waals surface area contributed by atoms with Crippen LogP contribution in [0.4, 0.5) is 14.5 Å². The van der Waals surface area contributed by atoms with Crippen LogP contribution in [0.2, 0.25) is 5.02 Å². The average Bonchev–Trinajstić information content (AvgIpc) is 3.21. The Hall–Kier alpha value is -2.98. The Morgan fingerprint density at radius 2 is 1.73 bits per heavy atom. The highest BCUT2D eigenvalue weighted by Gasteiger charge is 2.21. The van der Waals surface area contributed by atoms with E-state index in [9.17, 15) is 22.0 Å². The Balaban J connectivity index is 1.81. The molecule has 2 aromatic carbocycles. The van der Waals surface area contributed by atoms with Crippen LogP contribution >= 0.6 is 11.6 Å². The van der Waals surface area contributed by atoms with Gasteiger partial charge in [-0.15, -0.1) is 0 Å². The summed E-state index contributed by atoms with van der Waals surface area (Å²) in [4.78, 5) is 16.9. The summed E-state index contributed by atoms with van der Waals surface area (Å²) < 4.78 is 58.4. The zero-order valence-electron chi connectivity index (χ0n) is 18.5. The molecule has 0 saturated carbocycles. The van der Waals surface area contributed by atoms with Gasteiger partial charge in [0.25, 0.3) is 5.91 Å². The molecule has 1 unspecified atom stereocenters. The fourth-order valence-electron chi connectivity index (χ4n) is 3.25. The highest BCUT2D eigenvalue weighted by molar-refractivity contribution is 7.92. The number of hydrogen-bond donors (Lipinski definition) is 2. The zero-order chi connectivity index (χ0) is 24.7. The van der Waals surface area contributed by atoms with Crippen molar-refractivity contribution in [1.82, 2.24) is 10.3 Å². The number of nitrogens with one attached hydrogen (secondary N) is 2. The molecule has 3 rings (SSSR count). The number of amides is 1. The molecule has 0 fully saturated rings. The van der Waals surface area contributed by atoms with Gasteiger partial charge in [-0.1, -0.05) is 11.6 Å². The Bertz CT molecular complexity index is 1330. The summed E-state index contributed by atoms with van der Waals surface area (Å²) in [6.45, 7) is 7.12. The Morgan fingerprint density at radius 3 is 2.30 bits per heavy atom. The highest BCUT2D eigenvalue weighted by Crippen LogP contribution is 2.32. The molecule has 0 bridgehead atoms. The van der Waals surface area contributed by atoms with Crippen LogP contribution in [0.1, 0.15) is 45.7 Å². The average molecular weight is 498 g/mol. The summed E-state index contributed by atoms with van der Waals surface area (Å²) in [5.41, 5.74) is 2.57. The molecule has 11 heteroatoms. The minimum Gasteiger partial charge on any atom is -0.444 e. The van der Waals surface area contributed by atoms with E-state index in [0.29, 0.717) is 10.6 Å². The van der Waals surface area contributed by atoms with Crippen molar-refractivity contribution < 1.29 is 26.4 Å². The predicted octanol–water partition coefficient (Wildman–Crippen LogP) is 5.06. The number of benzene rings is 2. The quantitative estimate of drug-likeness (QED) is 0.495. The van der Waals surface area contributed by atoms with Crippen molar-refractivity contribution in [3.05, 3.63) is 69.1 Å². The highest BCUT2D eigenvalue weighted by atomic mass is 35.5. The molecular formula is C22H22ClF2N3O4S. The number of halogens is 3. The van der Waals surface area contributed by atoms with Crippen molar-refractivity contribution in [2.45, 2.75) is 33.7 Å². The third-order valence-corrected chi connectivity index (χ3v) is 6.33. The first-order valence-electron chi connectivity index (χ1n) is 9.78. The van der Waals surface area contributed by atoms with Crippen LogP contribution in [0, 0.1) is 32.4 Å². The van der Waals surface area contributed by atoms with Gasteiger partial charge in [0.1, 0.15) is 12.0 Å². The standard InChI is InChI=1S/C22H22ClF2N3O4S/c1-10-6-15(11(2)12(3)19(10)23)22-27-18(9-32-22)21(29)26-13(4)14-7-16(24)20(17(25)8-14)28-33(5,30)31/h6-9,13,28H,1-5H3,(H,26,29). The lowest BCUT2D eigenvalue weighted by atomic mass is 10.00. The van der Waals surface area contributed by atoms with Crippen molar-refractivity contribution in [1.29, 1.82) is 0 Å². The molecule has 0 spiro atoms. The molecule has 1 amide bonds. The van der Waals surface area contributed by atoms with E-state index in [0.717, 1.165) is 35.1 Å². The number of hydrogen-bond acceptors (Lipinski definition) is 5. The third kappa shape index (κ3) is 5.33. The summed E-state index contributed by atoms with van der Waals surface area (Å²) in [5, 5.41) is 3.24. The second-order valence-corrected chi connectivity index (χ2v) is 9.90. The molecule has 33 heavy (non-hydrogen) atoms. The molecule has 0 aliphatic rings. The SMILES string of the molecule is Cc1cc(-c2nc(C(=O)NC(C)c3cc(F)c(NS(C)(=O)=O)c(F)c3)co2)c(C)c(C)c1Cl. The smallest absolute Gasteiger partial charge is 0.273 e. The van der Waals surface area contributed by atoms with E-state index in [1.807, 2.05) is 26.8 Å². The predicted molar refractivity (Wildman–Crippen MR) is 122 cm³/mol. The fraction of sp³-hybridized carbons (Fsp3) is 0.273. The number of oxazole rings is 1. The topological polar surface area (TPSA) is 101 Å². The van der Waals surface area contributed by atoms with Gasteiger partial charge in [-0.2, -0.15) is 0 Å². The van der Waals surface area contributed by atoms with Gasteiger partial charge >= 0.3 is 0 Å². The van der Waals surface area contributed by atoms with Crippen LogP contribution in [-0.2, 0) is 10.0 Å². The maximum Gasteiger partial charge on any atom is 0.273 e. The van der Waals surface area contributed by atoms with E-state index in [1.54, 1.807) is 4.72 Å². The lowest BCUT2D eigenvalue weighted by Crippen LogP contribution is -2.27. The number of aromatic nitrogens is 1. The van der Waals surface area contributed by atoms with E-state index < -0.39 is 39.3 Å². The molecule has 176 valence electrons. The Labute approximate surface area is 195 Å². The van der Waals surface area contributed by atoms with E-state index in [-0.39, 0.29) is 17.1 Å². The second kappa shape index (κ2) is 9.11. The molecular weight excluding hydrogens is 476 g/mol. The summed E-state index contributed by atoms with van der Waals surface area (Å²) >= 11 is 6.27. The number of carbonyl (C=O) groups is 1. The van der Waals surface area contributed by atoms with Gasteiger partial charge in [-0.3, -0.25) is 9.52 Å². The molecule has 3 aromatic rings. The summed E-state index contributed by atoms with van der Waals surface area (Å²) in [5.74, 6) is -2.59. The molecule has 1 atom stereocenters. The van der Waals surface area contributed by atoms with E-state index in [1.165, 1.54) is 13.2 Å². The molecule has 1 heterocycles. The number of aryl methyl sites for hydroxylation is 1. The van der Waals surface area contributed by atoms with Gasteiger partial charge in [0.2, 0.25) is 15.9 Å². The van der Waals surface area contributed by atoms with E-state index >= 15 is 0 Å². The monoisotopic (exact) mass is 497 g/mol. The Morgan fingerprint density at radius 1 is 1.12 bits per heavy atom. The number of nitrogens with zero attached hydrogens (tertiary/aromatic N) is 1. The van der Waals surface area contributed by atoms with Crippen molar-refractivity contribution >= 4 is 33.2 Å². The van der Waals surface area contributed by atoms with Crippen molar-refractivity contribution in [2.24, 2.45) is 0 Å². The van der Waals surface area contributed by atoms with Gasteiger partial charge in [0.05, 0.1) is 12.3 Å². The summed E-state index contributed by atoms with van der Waals surface area (Å²) in [6.07, 6.45) is 1.97. The maximum atomic E-state index is 14.3. The first-order valence-corrected chi connectivity index (χ1v) is 12.0. The first kappa shape index (κ1) is 24.7. The number of anilines is 1. The molecule has 0 saturated heterocycles. The zero-order valence-corrected chi connectivity index (χ0v) is 20.1. The largest absolute Gasteiger partial charge is 0.444 e. The number of rotatable bonds is 6. The lowest BCUT2D eigenvalue weighted by Gasteiger charge is -2.15. The first-order chi connectivity index (χ1) is 15.3. The maximum absolute atomic E-state index is 14.3. The fourth-order valence-corrected chi connectivity index (χ4v) is 4.02. The minimum atomic E-state index is -3.87. The molecule has 0 aliphatic heterocycles. The van der Waals surface area contributed by atoms with Gasteiger partial charge in [0, 0.05) is 10.6 Å². The van der Waals surface area contributed by atoms with Crippen LogP contribution in [0.5, 0.6) is 0 Å². The van der Waals surface area contributed by atoms with Crippen LogP contribution in [0.25, 0.3) is 11.5 Å². The van der Waals surface area contributed by atoms with Gasteiger partial charge < -0.3 is 9.73 Å². The van der Waals surface area contributed by atoms with Crippen molar-refractivity contribution in [3.8, 4) is 11.5 Å². The van der Waals surface area contributed by atoms with Gasteiger partial charge in [0.15, 0.2) is 17.3 Å². The van der Waals surface area contributed by atoms with E-state index in [2.05, 4.69) is 10.3 Å². The summed E-state index contributed by atoms with van der Waals surface area (Å²) in [6, 6.07) is 2.89. The summed E-state index contributed by atoms with van der Waals surface area (Å²) in [7, 11) is -3.87. The number of sulfonamides is 1. The van der Waals surface area contributed by atoms with Crippen LogP contribution in [0.15, 0.2) is 28.9 Å². The Kier molecular flexibility index (Phi) is 6.80. The van der Waals surface area contributed by atoms with Crippen molar-refractivity contribution in [3.63, 3.8) is 0 Å². The van der Waals surface area contributed by atoms with Crippen molar-refractivity contribution in [2.75, 3.05) is 11.0 Å². The van der Waals surface area contributed by atoms with Crippen LogP contribution < -0.4 is 10.0 Å². The molecule has 2 N–H and O–H groups in total. The normalized spacial score (nSPS) is 12.5. The minimum absolute atomic E-state index is 0.0159. The third-order valence-electron chi connectivity index (χ3n) is 5.17. The molecule has 1 aromatic heterocycles. The molecule has 0 radical (unpaired) electrons. The second-order valence-electron chi connectivity index (χ2n) is 7.77. The number of carbonyl (C=O) groups excluding carboxylic acids is 1. The molecule has 0 aliphatic carbocycles. The van der Waals surface area contributed by atoms with Gasteiger partial charge in [-0.05, 0) is 68.1 Å². The van der Waals surface area contributed by atoms with Crippen LogP contribution in [0.3, 0.4) is 0 Å². The van der Waals surface area contributed by atoms with Gasteiger partial charge in [-0.25, -0.2) is 22.2 Å². The molecule has 7 nitrogen and oxygen atoms in total. The van der Waals surface area contributed by atoms with E-state index in [4.69, 9.17) is 16.0 Å². The lowest BCUT2D eigenvalue weighted by molar-refractivity contribution is 0.0934. The van der Waals surface area contributed by atoms with Crippen LogP contribution in [-0.4, -0.2) is 25.6 Å².